The number of carbonyl (C=O) groups excluding carboxylic acids is 2. The molecule has 2 aromatic rings. The van der Waals surface area contributed by atoms with Gasteiger partial charge in [0.15, 0.2) is 0 Å². The van der Waals surface area contributed by atoms with E-state index in [1.54, 1.807) is 24.3 Å². The summed E-state index contributed by atoms with van der Waals surface area (Å²) >= 11 is 0. The molecule has 0 unspecified atom stereocenters. The van der Waals surface area contributed by atoms with E-state index in [0.717, 1.165) is 50.9 Å². The van der Waals surface area contributed by atoms with Crippen molar-refractivity contribution in [3.8, 4) is 0 Å². The van der Waals surface area contributed by atoms with E-state index in [1.807, 2.05) is 4.90 Å². The van der Waals surface area contributed by atoms with Gasteiger partial charge in [-0.3, -0.25) is 9.59 Å². The van der Waals surface area contributed by atoms with Crippen molar-refractivity contribution in [2.45, 2.75) is 43.4 Å². The number of halogens is 1. The fourth-order valence-corrected chi connectivity index (χ4v) is 6.04. The van der Waals surface area contributed by atoms with Gasteiger partial charge in [-0.05, 0) is 62.1 Å². The molecule has 2 aliphatic rings. The first-order valence-electron chi connectivity index (χ1n) is 11.8. The first-order valence-corrected chi connectivity index (χ1v) is 13.2. The van der Waals surface area contributed by atoms with Crippen LogP contribution in [0.25, 0.3) is 0 Å². The van der Waals surface area contributed by atoms with Crippen molar-refractivity contribution in [1.29, 1.82) is 0 Å². The lowest BCUT2D eigenvalue weighted by Gasteiger charge is -2.30. The Bertz CT molecular complexity index is 1120. The quantitative estimate of drug-likeness (QED) is 0.694. The van der Waals surface area contributed by atoms with Crippen LogP contribution in [-0.4, -0.2) is 55.6 Å². The largest absolute Gasteiger partial charge is 0.339 e. The molecule has 2 heterocycles. The molecule has 0 atom stereocenters. The van der Waals surface area contributed by atoms with Gasteiger partial charge in [0, 0.05) is 32.1 Å². The number of hydrogen-bond acceptors (Lipinski definition) is 4. The SMILES string of the molecule is O=C(Nc1ccccc1C(=O)N1CCCCCC1)C1CCN(S(=O)(=O)c2ccc(F)cc2)CC1. The van der Waals surface area contributed by atoms with Crippen molar-refractivity contribution < 1.29 is 22.4 Å². The van der Waals surface area contributed by atoms with Gasteiger partial charge in [0.05, 0.1) is 16.1 Å². The number of likely N-dealkylation sites (tertiary alicyclic amines) is 1. The summed E-state index contributed by atoms with van der Waals surface area (Å²) in [4.78, 5) is 28.0. The van der Waals surface area contributed by atoms with Crippen molar-refractivity contribution in [3.63, 3.8) is 0 Å². The van der Waals surface area contributed by atoms with E-state index in [4.69, 9.17) is 0 Å². The van der Waals surface area contributed by atoms with Crippen LogP contribution in [0.5, 0.6) is 0 Å². The zero-order valence-electron chi connectivity index (χ0n) is 19.1. The summed E-state index contributed by atoms with van der Waals surface area (Å²) in [5.41, 5.74) is 0.970. The Labute approximate surface area is 200 Å². The second-order valence-corrected chi connectivity index (χ2v) is 10.8. The van der Waals surface area contributed by atoms with Gasteiger partial charge in [0.2, 0.25) is 15.9 Å². The highest BCUT2D eigenvalue weighted by molar-refractivity contribution is 7.89. The third-order valence-corrected chi connectivity index (χ3v) is 8.50. The van der Waals surface area contributed by atoms with E-state index < -0.39 is 15.8 Å². The number of rotatable bonds is 5. The average molecular weight is 488 g/mol. The normalized spacial score (nSPS) is 18.3. The highest BCUT2D eigenvalue weighted by Gasteiger charge is 2.32. The van der Waals surface area contributed by atoms with Crippen LogP contribution in [0.1, 0.15) is 48.9 Å². The van der Waals surface area contributed by atoms with Crippen LogP contribution in [-0.2, 0) is 14.8 Å². The van der Waals surface area contributed by atoms with Gasteiger partial charge in [-0.2, -0.15) is 4.31 Å². The van der Waals surface area contributed by atoms with E-state index in [0.29, 0.717) is 24.1 Å². The Morgan fingerprint density at radius 3 is 2.12 bits per heavy atom. The van der Waals surface area contributed by atoms with Gasteiger partial charge in [-0.25, -0.2) is 12.8 Å². The standard InChI is InChI=1S/C25H30FN3O4S/c26-20-9-11-21(12-10-20)34(32,33)29-17-13-19(14-18-29)24(30)27-23-8-4-3-7-22(23)25(31)28-15-5-1-2-6-16-28/h3-4,7-12,19H,1-2,5-6,13-18H2,(H,27,30). The van der Waals surface area contributed by atoms with Gasteiger partial charge in [0.25, 0.3) is 5.91 Å². The summed E-state index contributed by atoms with van der Waals surface area (Å²) in [6.07, 6.45) is 4.96. The molecule has 2 amide bonds. The Balaban J connectivity index is 1.39. The fraction of sp³-hybridized carbons (Fsp3) is 0.440. The summed E-state index contributed by atoms with van der Waals surface area (Å²) < 4.78 is 40.1. The highest BCUT2D eigenvalue weighted by Crippen LogP contribution is 2.26. The number of amides is 2. The number of anilines is 1. The van der Waals surface area contributed by atoms with Crippen molar-refractivity contribution in [3.05, 3.63) is 59.9 Å². The fourth-order valence-electron chi connectivity index (χ4n) is 4.57. The Morgan fingerprint density at radius 2 is 1.47 bits per heavy atom. The van der Waals surface area contributed by atoms with Gasteiger partial charge in [-0.15, -0.1) is 0 Å². The maximum Gasteiger partial charge on any atom is 0.255 e. The Hall–Kier alpha value is -2.78. The maximum absolute atomic E-state index is 13.2. The Morgan fingerprint density at radius 1 is 0.853 bits per heavy atom. The number of para-hydroxylation sites is 1. The van der Waals surface area contributed by atoms with Crippen molar-refractivity contribution >= 4 is 27.5 Å². The monoisotopic (exact) mass is 487 g/mol. The molecule has 0 bridgehead atoms. The molecule has 0 radical (unpaired) electrons. The van der Waals surface area contributed by atoms with Crippen LogP contribution in [0, 0.1) is 11.7 Å². The molecule has 7 nitrogen and oxygen atoms in total. The molecule has 2 saturated heterocycles. The first-order chi connectivity index (χ1) is 16.4. The molecule has 1 N–H and O–H groups in total. The van der Waals surface area contributed by atoms with Gasteiger partial charge >= 0.3 is 0 Å². The summed E-state index contributed by atoms with van der Waals surface area (Å²) in [7, 11) is -3.74. The van der Waals surface area contributed by atoms with Crippen LogP contribution in [0.4, 0.5) is 10.1 Å². The van der Waals surface area contributed by atoms with E-state index in [2.05, 4.69) is 5.32 Å². The number of nitrogens with one attached hydrogen (secondary N) is 1. The van der Waals surface area contributed by atoms with E-state index in [9.17, 15) is 22.4 Å². The average Bonchev–Trinajstić information content (AvgIpc) is 3.14. The maximum atomic E-state index is 13.2. The lowest BCUT2D eigenvalue weighted by molar-refractivity contribution is -0.120. The van der Waals surface area contributed by atoms with Crippen LogP contribution >= 0.6 is 0 Å². The molecule has 0 aromatic heterocycles. The van der Waals surface area contributed by atoms with Gasteiger partial charge < -0.3 is 10.2 Å². The number of nitrogens with zero attached hydrogens (tertiary/aromatic N) is 2. The lowest BCUT2D eigenvalue weighted by Crippen LogP contribution is -2.41. The third kappa shape index (κ3) is 5.47. The van der Waals surface area contributed by atoms with Crippen LogP contribution in [0.15, 0.2) is 53.4 Å². The van der Waals surface area contributed by atoms with Crippen molar-refractivity contribution in [2.75, 3.05) is 31.5 Å². The predicted octanol–water partition coefficient (Wildman–Crippen LogP) is 3.88. The molecule has 2 aromatic carbocycles. The smallest absolute Gasteiger partial charge is 0.255 e. The van der Waals surface area contributed by atoms with E-state index >= 15 is 0 Å². The summed E-state index contributed by atoms with van der Waals surface area (Å²) in [5, 5.41) is 2.91. The van der Waals surface area contributed by atoms with Gasteiger partial charge in [-0.1, -0.05) is 25.0 Å². The molecule has 182 valence electrons. The minimum atomic E-state index is -3.74. The van der Waals surface area contributed by atoms with Crippen LogP contribution in [0.2, 0.25) is 0 Å². The molecule has 2 fully saturated rings. The second-order valence-electron chi connectivity index (χ2n) is 8.87. The minimum Gasteiger partial charge on any atom is -0.339 e. The predicted molar refractivity (Wildman–Crippen MR) is 127 cm³/mol. The number of sulfonamides is 1. The zero-order valence-corrected chi connectivity index (χ0v) is 19.9. The molecule has 0 spiro atoms. The minimum absolute atomic E-state index is 0.0396. The summed E-state index contributed by atoms with van der Waals surface area (Å²) in [6, 6.07) is 11.8. The third-order valence-electron chi connectivity index (χ3n) is 6.58. The molecule has 4 rings (SSSR count). The number of hydrogen-bond donors (Lipinski definition) is 1. The molecular formula is C25H30FN3O4S. The molecule has 34 heavy (non-hydrogen) atoms. The molecule has 2 aliphatic heterocycles. The van der Waals surface area contributed by atoms with Gasteiger partial charge in [0.1, 0.15) is 5.82 Å². The number of piperidine rings is 1. The van der Waals surface area contributed by atoms with E-state index in [-0.39, 0.29) is 35.7 Å². The number of carbonyl (C=O) groups is 2. The van der Waals surface area contributed by atoms with Crippen LogP contribution < -0.4 is 5.32 Å². The van der Waals surface area contributed by atoms with Crippen molar-refractivity contribution in [2.24, 2.45) is 5.92 Å². The summed E-state index contributed by atoms with van der Waals surface area (Å²) in [6.45, 7) is 1.85. The number of benzene rings is 2. The first kappa shape index (κ1) is 24.3. The molecular weight excluding hydrogens is 457 g/mol. The second kappa shape index (κ2) is 10.7. The zero-order chi connectivity index (χ0) is 24.1. The Kier molecular flexibility index (Phi) is 7.63. The molecule has 9 heteroatoms. The highest BCUT2D eigenvalue weighted by atomic mass is 32.2. The lowest BCUT2D eigenvalue weighted by atomic mass is 9.97. The topological polar surface area (TPSA) is 86.8 Å². The van der Waals surface area contributed by atoms with Crippen LogP contribution in [0.3, 0.4) is 0 Å². The summed E-state index contributed by atoms with van der Waals surface area (Å²) in [5.74, 6) is -1.14. The molecule has 0 saturated carbocycles. The van der Waals surface area contributed by atoms with E-state index in [1.165, 1.54) is 16.4 Å². The molecule has 0 aliphatic carbocycles. The van der Waals surface area contributed by atoms with Crippen molar-refractivity contribution in [1.82, 2.24) is 9.21 Å².